The van der Waals surface area contributed by atoms with Crippen LogP contribution in [0.1, 0.15) is 19.3 Å². The van der Waals surface area contributed by atoms with Gasteiger partial charge in [-0.15, -0.1) is 0 Å². The van der Waals surface area contributed by atoms with Crippen LogP contribution < -0.4 is 15.9 Å². The van der Waals surface area contributed by atoms with Crippen molar-refractivity contribution in [1.29, 1.82) is 0 Å². The molecule has 3 aliphatic rings. The zero-order valence-corrected chi connectivity index (χ0v) is 8.66. The molecule has 1 aromatic rings. The zero-order chi connectivity index (χ0) is 9.88. The third-order valence-electron chi connectivity index (χ3n) is 3.97. The Balaban J connectivity index is 2.07. The van der Waals surface area contributed by atoms with E-state index in [1.54, 1.807) is 5.57 Å². The number of benzene rings is 1. The summed E-state index contributed by atoms with van der Waals surface area (Å²) < 4.78 is 0. The minimum absolute atomic E-state index is 0.346. The maximum atomic E-state index is 4.83. The van der Waals surface area contributed by atoms with Crippen LogP contribution in [0.25, 0.3) is 5.57 Å². The van der Waals surface area contributed by atoms with Crippen LogP contribution in [-0.2, 0) is 0 Å². The molecular weight excluding hydrogens is 184 g/mol. The first-order valence-electron chi connectivity index (χ1n) is 5.82. The van der Waals surface area contributed by atoms with Crippen molar-refractivity contribution in [2.45, 2.75) is 30.8 Å². The number of piperidine rings is 1. The third kappa shape index (κ3) is 0.953. The fourth-order valence-corrected chi connectivity index (χ4v) is 3.13. The summed E-state index contributed by atoms with van der Waals surface area (Å²) in [6.07, 6.45) is 3.79. The Kier molecular flexibility index (Phi) is 1.34. The van der Waals surface area contributed by atoms with Crippen molar-refractivity contribution < 1.29 is 0 Å². The molecule has 0 radical (unpaired) electrons. The highest BCUT2D eigenvalue weighted by Crippen LogP contribution is 2.47. The molecule has 15 heavy (non-hydrogen) atoms. The quantitative estimate of drug-likeness (QED) is 0.640. The number of nitrogens with zero attached hydrogens (tertiary/aromatic N) is 1. The molecule has 2 aliphatic heterocycles. The van der Waals surface area contributed by atoms with Gasteiger partial charge in [0.15, 0.2) is 0 Å². The van der Waals surface area contributed by atoms with Crippen molar-refractivity contribution in [3.8, 4) is 0 Å². The van der Waals surface area contributed by atoms with Crippen molar-refractivity contribution in [2.75, 3.05) is 6.54 Å². The fourth-order valence-electron chi connectivity index (χ4n) is 3.13. The first-order chi connectivity index (χ1) is 7.39. The number of nitrogens with one attached hydrogen (secondary N) is 1. The van der Waals surface area contributed by atoms with Gasteiger partial charge in [0.2, 0.25) is 0 Å². The summed E-state index contributed by atoms with van der Waals surface area (Å²) in [5, 5.41) is 6.31. The fraction of sp³-hybridized carbons (Fsp3) is 0.462. The molecule has 1 N–H and O–H groups in total. The molecule has 0 bridgehead atoms. The minimum atomic E-state index is 0.346. The van der Waals surface area contributed by atoms with Crippen LogP contribution in [0, 0.1) is 0 Å². The maximum Gasteiger partial charge on any atom is 0.0756 e. The number of hydrogen-bond acceptors (Lipinski definition) is 2. The van der Waals surface area contributed by atoms with Crippen LogP contribution in [0.3, 0.4) is 0 Å². The van der Waals surface area contributed by atoms with Gasteiger partial charge in [0.25, 0.3) is 0 Å². The number of fused-ring (bicyclic) bond motifs is 3. The second kappa shape index (κ2) is 2.50. The number of para-hydroxylation sites is 1. The first-order valence-corrected chi connectivity index (χ1v) is 5.82. The Hall–Kier alpha value is -1.15. The second-order valence-electron chi connectivity index (χ2n) is 4.87. The standard InChI is InChI=1S/C13H14N2/c1-2-4-10-9(3-1)12-11(15-10)5-8-14-13(12)6-7-13/h1-4,11,14H,5-8H2. The SMILES string of the molecule is c1ccc2c(c1)=NC1CCNC3(CC3)C=21. The normalized spacial score (nSPS) is 29.6. The van der Waals surface area contributed by atoms with Gasteiger partial charge in [0.1, 0.15) is 0 Å². The molecule has 2 heteroatoms. The summed E-state index contributed by atoms with van der Waals surface area (Å²) in [6, 6.07) is 9.09. The van der Waals surface area contributed by atoms with Gasteiger partial charge in [-0.2, -0.15) is 0 Å². The van der Waals surface area contributed by atoms with E-state index in [0.29, 0.717) is 11.6 Å². The highest BCUT2D eigenvalue weighted by atomic mass is 15.1. The lowest BCUT2D eigenvalue weighted by Gasteiger charge is -2.29. The predicted molar refractivity (Wildman–Crippen MR) is 59.0 cm³/mol. The third-order valence-corrected chi connectivity index (χ3v) is 3.97. The van der Waals surface area contributed by atoms with E-state index in [0.717, 1.165) is 6.54 Å². The van der Waals surface area contributed by atoms with Crippen molar-refractivity contribution in [3.63, 3.8) is 0 Å². The Labute approximate surface area is 88.7 Å². The average molecular weight is 198 g/mol. The first kappa shape index (κ1) is 8.05. The Morgan fingerprint density at radius 1 is 1.27 bits per heavy atom. The van der Waals surface area contributed by atoms with Gasteiger partial charge >= 0.3 is 0 Å². The van der Waals surface area contributed by atoms with Crippen molar-refractivity contribution in [3.05, 3.63) is 34.8 Å². The Morgan fingerprint density at radius 2 is 2.13 bits per heavy atom. The molecule has 0 aromatic heterocycles. The van der Waals surface area contributed by atoms with E-state index >= 15 is 0 Å². The van der Waals surface area contributed by atoms with Crippen LogP contribution in [-0.4, -0.2) is 18.1 Å². The van der Waals surface area contributed by atoms with Crippen LogP contribution in [0.5, 0.6) is 0 Å². The molecule has 1 atom stereocenters. The van der Waals surface area contributed by atoms with Crippen LogP contribution in [0.2, 0.25) is 0 Å². The molecule has 2 heterocycles. The minimum Gasteiger partial charge on any atom is -0.307 e. The molecule has 1 aliphatic carbocycles. The van der Waals surface area contributed by atoms with E-state index < -0.39 is 0 Å². The highest BCUT2D eigenvalue weighted by molar-refractivity contribution is 5.67. The van der Waals surface area contributed by atoms with E-state index in [2.05, 4.69) is 29.6 Å². The second-order valence-corrected chi connectivity index (χ2v) is 4.87. The summed E-state index contributed by atoms with van der Waals surface area (Å²) in [5.41, 5.74) is 1.93. The number of rotatable bonds is 0. The molecule has 2 nitrogen and oxygen atoms in total. The van der Waals surface area contributed by atoms with Gasteiger partial charge in [-0.3, -0.25) is 4.99 Å². The van der Waals surface area contributed by atoms with Gasteiger partial charge in [-0.25, -0.2) is 0 Å². The van der Waals surface area contributed by atoms with E-state index in [1.165, 1.54) is 29.8 Å². The Bertz CT molecular complexity index is 540. The van der Waals surface area contributed by atoms with Crippen molar-refractivity contribution in [1.82, 2.24) is 5.32 Å². The van der Waals surface area contributed by atoms with Gasteiger partial charge in [0.05, 0.1) is 11.4 Å². The van der Waals surface area contributed by atoms with E-state index in [9.17, 15) is 0 Å². The molecule has 1 saturated carbocycles. The average Bonchev–Trinajstić information content (AvgIpc) is 2.92. The summed E-state index contributed by atoms with van der Waals surface area (Å²) >= 11 is 0. The van der Waals surface area contributed by atoms with E-state index in [4.69, 9.17) is 4.99 Å². The summed E-state index contributed by atoms with van der Waals surface area (Å²) in [7, 11) is 0. The van der Waals surface area contributed by atoms with Gasteiger partial charge < -0.3 is 5.32 Å². The Morgan fingerprint density at radius 3 is 3.00 bits per heavy atom. The zero-order valence-electron chi connectivity index (χ0n) is 8.66. The summed E-state index contributed by atoms with van der Waals surface area (Å²) in [4.78, 5) is 4.83. The van der Waals surface area contributed by atoms with Gasteiger partial charge in [0, 0.05) is 10.8 Å². The molecule has 2 fully saturated rings. The topological polar surface area (TPSA) is 24.4 Å². The summed E-state index contributed by atoms with van der Waals surface area (Å²) in [6.45, 7) is 1.13. The lowest BCUT2D eigenvalue weighted by Crippen LogP contribution is -2.44. The maximum absolute atomic E-state index is 4.83. The predicted octanol–water partition coefficient (Wildman–Crippen LogP) is 0.365. The van der Waals surface area contributed by atoms with E-state index in [1.807, 2.05) is 0 Å². The lowest BCUT2D eigenvalue weighted by atomic mass is 9.90. The van der Waals surface area contributed by atoms with Gasteiger partial charge in [-0.1, -0.05) is 18.2 Å². The lowest BCUT2D eigenvalue weighted by molar-refractivity contribution is 0.494. The smallest absolute Gasteiger partial charge is 0.0756 e. The van der Waals surface area contributed by atoms with Crippen LogP contribution in [0.4, 0.5) is 0 Å². The molecule has 76 valence electrons. The van der Waals surface area contributed by atoms with Gasteiger partial charge in [-0.05, 0) is 37.4 Å². The van der Waals surface area contributed by atoms with Crippen molar-refractivity contribution in [2.24, 2.45) is 4.99 Å². The molecular formula is C13H14N2. The molecule has 1 unspecified atom stereocenters. The van der Waals surface area contributed by atoms with Crippen LogP contribution >= 0.6 is 0 Å². The van der Waals surface area contributed by atoms with Crippen LogP contribution in [0.15, 0.2) is 29.3 Å². The molecule has 1 saturated heterocycles. The van der Waals surface area contributed by atoms with Crippen molar-refractivity contribution >= 4 is 5.57 Å². The highest BCUT2D eigenvalue weighted by Gasteiger charge is 2.51. The molecule has 0 amide bonds. The largest absolute Gasteiger partial charge is 0.307 e. The monoisotopic (exact) mass is 198 g/mol. The molecule has 1 aromatic carbocycles. The van der Waals surface area contributed by atoms with E-state index in [-0.39, 0.29) is 0 Å². The molecule has 1 spiro atoms. The molecule has 4 rings (SSSR count). The number of hydrogen-bond donors (Lipinski definition) is 1. The summed E-state index contributed by atoms with van der Waals surface area (Å²) in [5.74, 6) is 0.